The van der Waals surface area contributed by atoms with E-state index in [1.165, 1.54) is 0 Å². The monoisotopic (exact) mass is 381 g/mol. The van der Waals surface area contributed by atoms with Crippen LogP contribution in [0.3, 0.4) is 0 Å². The maximum Gasteiger partial charge on any atom is 0.270 e. The van der Waals surface area contributed by atoms with Crippen LogP contribution in [-0.2, 0) is 4.79 Å². The van der Waals surface area contributed by atoms with Gasteiger partial charge in [-0.05, 0) is 70.6 Å². The molecule has 1 aliphatic heterocycles. The number of carbonyl (C=O) groups is 2. The van der Waals surface area contributed by atoms with Crippen LogP contribution in [0.1, 0.15) is 61.6 Å². The van der Waals surface area contributed by atoms with Gasteiger partial charge >= 0.3 is 0 Å². The molecule has 7 nitrogen and oxygen atoms in total. The van der Waals surface area contributed by atoms with Crippen molar-refractivity contribution < 1.29 is 9.59 Å². The van der Waals surface area contributed by atoms with E-state index in [9.17, 15) is 9.59 Å². The van der Waals surface area contributed by atoms with Crippen molar-refractivity contribution in [2.75, 3.05) is 0 Å². The predicted molar refractivity (Wildman–Crippen MR) is 107 cm³/mol. The van der Waals surface area contributed by atoms with Crippen molar-refractivity contribution in [1.29, 1.82) is 0 Å². The molecule has 7 heteroatoms. The second-order valence-corrected chi connectivity index (χ2v) is 8.52. The van der Waals surface area contributed by atoms with Crippen LogP contribution in [0, 0.1) is 6.92 Å². The summed E-state index contributed by atoms with van der Waals surface area (Å²) in [5, 5.41) is 9.55. The first-order valence-electron chi connectivity index (χ1n) is 9.91. The number of aryl methyl sites for hydroxylation is 1. The SMILES string of the molecule is Cc1cccc(C(=O)NC23CCCC(NC(=O)C4(C)N=CC=CN4)(CC2)C3)n1. The lowest BCUT2D eigenvalue weighted by molar-refractivity contribution is -0.128. The quantitative estimate of drug-likeness (QED) is 0.743. The number of rotatable bonds is 4. The van der Waals surface area contributed by atoms with E-state index in [-0.39, 0.29) is 22.9 Å². The fourth-order valence-corrected chi connectivity index (χ4v) is 4.78. The minimum Gasteiger partial charge on any atom is -0.360 e. The molecule has 3 aliphatic rings. The average molecular weight is 381 g/mol. The molecular formula is C21H27N5O2. The van der Waals surface area contributed by atoms with E-state index in [4.69, 9.17) is 0 Å². The van der Waals surface area contributed by atoms with Gasteiger partial charge < -0.3 is 16.0 Å². The number of fused-ring (bicyclic) bond motifs is 2. The highest BCUT2D eigenvalue weighted by Gasteiger charge is 2.53. The van der Waals surface area contributed by atoms with Crippen LogP contribution in [0.25, 0.3) is 0 Å². The molecule has 1 aromatic heterocycles. The molecule has 0 saturated heterocycles. The maximum atomic E-state index is 12.9. The first kappa shape index (κ1) is 18.7. The Morgan fingerprint density at radius 3 is 2.54 bits per heavy atom. The summed E-state index contributed by atoms with van der Waals surface area (Å²) in [6, 6.07) is 5.47. The lowest BCUT2D eigenvalue weighted by Gasteiger charge is -2.41. The topological polar surface area (TPSA) is 95.5 Å². The van der Waals surface area contributed by atoms with Crippen molar-refractivity contribution in [1.82, 2.24) is 20.9 Å². The standard InChI is InChI=1S/C21H27N5O2/c1-15-6-3-7-16(24-15)17(27)25-20-8-4-9-21(14-20,11-10-20)26-18(28)19(2)22-12-5-13-23-19/h3,5-7,12-13,22H,4,8-11,14H2,1-2H3,(H,25,27)(H,26,28). The predicted octanol–water partition coefficient (Wildman–Crippen LogP) is 1.99. The summed E-state index contributed by atoms with van der Waals surface area (Å²) in [5.74, 6) is -0.263. The van der Waals surface area contributed by atoms with Gasteiger partial charge in [-0.3, -0.25) is 14.6 Å². The molecule has 2 aliphatic carbocycles. The Balaban J connectivity index is 1.47. The third-order valence-electron chi connectivity index (χ3n) is 6.27. The van der Waals surface area contributed by atoms with Crippen LogP contribution < -0.4 is 16.0 Å². The van der Waals surface area contributed by atoms with E-state index in [2.05, 4.69) is 25.9 Å². The van der Waals surface area contributed by atoms with E-state index in [1.807, 2.05) is 19.1 Å². The molecule has 0 radical (unpaired) electrons. The minimum atomic E-state index is -0.985. The highest BCUT2D eigenvalue weighted by molar-refractivity contribution is 5.93. The van der Waals surface area contributed by atoms with Gasteiger partial charge in [0.1, 0.15) is 5.69 Å². The van der Waals surface area contributed by atoms with E-state index >= 15 is 0 Å². The van der Waals surface area contributed by atoms with E-state index in [0.717, 1.165) is 44.2 Å². The molecule has 0 spiro atoms. The van der Waals surface area contributed by atoms with Crippen molar-refractivity contribution in [3.63, 3.8) is 0 Å². The number of hydrogen-bond acceptors (Lipinski definition) is 5. The fraction of sp³-hybridized carbons (Fsp3) is 0.524. The summed E-state index contributed by atoms with van der Waals surface area (Å²) < 4.78 is 0. The van der Waals surface area contributed by atoms with Gasteiger partial charge in [0.2, 0.25) is 5.66 Å². The number of carbonyl (C=O) groups excluding carboxylic acids is 2. The summed E-state index contributed by atoms with van der Waals surface area (Å²) in [7, 11) is 0. The van der Waals surface area contributed by atoms with Crippen molar-refractivity contribution in [2.24, 2.45) is 4.99 Å². The molecule has 0 aromatic carbocycles. The highest BCUT2D eigenvalue weighted by atomic mass is 16.2. The van der Waals surface area contributed by atoms with E-state index in [0.29, 0.717) is 5.69 Å². The van der Waals surface area contributed by atoms with Crippen molar-refractivity contribution in [2.45, 2.75) is 69.1 Å². The van der Waals surface area contributed by atoms with Gasteiger partial charge in [-0.2, -0.15) is 0 Å². The molecule has 3 unspecified atom stereocenters. The molecule has 1 aromatic rings. The highest BCUT2D eigenvalue weighted by Crippen LogP contribution is 2.48. The first-order valence-corrected chi connectivity index (χ1v) is 9.91. The van der Waals surface area contributed by atoms with Crippen LogP contribution >= 0.6 is 0 Å². The van der Waals surface area contributed by atoms with Gasteiger partial charge in [-0.25, -0.2) is 4.98 Å². The summed E-state index contributed by atoms with van der Waals surface area (Å²) >= 11 is 0. The Kier molecular flexibility index (Phi) is 4.48. The second-order valence-electron chi connectivity index (χ2n) is 8.52. The van der Waals surface area contributed by atoms with Gasteiger partial charge in [0.15, 0.2) is 0 Å². The molecule has 2 heterocycles. The van der Waals surface area contributed by atoms with Gasteiger partial charge in [0.05, 0.1) is 0 Å². The Morgan fingerprint density at radius 2 is 1.86 bits per heavy atom. The third-order valence-corrected chi connectivity index (χ3v) is 6.27. The van der Waals surface area contributed by atoms with Gasteiger partial charge in [0, 0.05) is 29.2 Å². The molecule has 3 atom stereocenters. The third kappa shape index (κ3) is 3.41. The lowest BCUT2D eigenvalue weighted by atomic mass is 9.78. The number of aromatic nitrogens is 1. The summed E-state index contributed by atoms with van der Waals surface area (Å²) in [6.45, 7) is 3.65. The van der Waals surface area contributed by atoms with Crippen molar-refractivity contribution in [3.05, 3.63) is 41.9 Å². The van der Waals surface area contributed by atoms with Crippen LogP contribution in [0.15, 0.2) is 35.5 Å². The number of nitrogens with one attached hydrogen (secondary N) is 3. The van der Waals surface area contributed by atoms with Gasteiger partial charge in [-0.15, -0.1) is 0 Å². The number of allylic oxidation sites excluding steroid dienone is 1. The van der Waals surface area contributed by atoms with Gasteiger partial charge in [0.25, 0.3) is 11.8 Å². The number of hydrogen-bond donors (Lipinski definition) is 3. The fourth-order valence-electron chi connectivity index (χ4n) is 4.78. The number of amides is 2. The van der Waals surface area contributed by atoms with E-state index in [1.54, 1.807) is 31.5 Å². The number of aliphatic imine (C=N–C) groups is 1. The molecule has 28 heavy (non-hydrogen) atoms. The summed E-state index contributed by atoms with van der Waals surface area (Å²) in [6.07, 6.45) is 10.4. The Labute approximate surface area is 165 Å². The molecule has 2 saturated carbocycles. The number of pyridine rings is 1. The molecular weight excluding hydrogens is 354 g/mol. The first-order chi connectivity index (χ1) is 13.3. The van der Waals surface area contributed by atoms with Crippen LogP contribution in [-0.4, -0.2) is 39.8 Å². The largest absolute Gasteiger partial charge is 0.360 e. The molecule has 2 bridgehead atoms. The molecule has 148 valence electrons. The van der Waals surface area contributed by atoms with Gasteiger partial charge in [-0.1, -0.05) is 6.07 Å². The summed E-state index contributed by atoms with van der Waals surface area (Å²) in [5.41, 5.74) is -0.283. The average Bonchev–Trinajstić information content (AvgIpc) is 2.92. The minimum absolute atomic E-state index is 0.127. The zero-order chi connectivity index (χ0) is 19.8. The van der Waals surface area contributed by atoms with E-state index < -0.39 is 5.66 Å². The number of nitrogens with zero attached hydrogens (tertiary/aromatic N) is 2. The smallest absolute Gasteiger partial charge is 0.270 e. The molecule has 2 amide bonds. The second kappa shape index (κ2) is 6.72. The normalized spacial score (nSPS) is 33.2. The molecule has 4 rings (SSSR count). The molecule has 3 N–H and O–H groups in total. The van der Waals surface area contributed by atoms with Crippen molar-refractivity contribution >= 4 is 18.0 Å². The Hall–Kier alpha value is -2.70. The lowest BCUT2D eigenvalue weighted by Crippen LogP contribution is -2.61. The van der Waals surface area contributed by atoms with Crippen LogP contribution in [0.4, 0.5) is 0 Å². The van der Waals surface area contributed by atoms with Crippen LogP contribution in [0.5, 0.6) is 0 Å². The molecule has 2 fully saturated rings. The van der Waals surface area contributed by atoms with Crippen LogP contribution in [0.2, 0.25) is 0 Å². The van der Waals surface area contributed by atoms with Crippen molar-refractivity contribution in [3.8, 4) is 0 Å². The summed E-state index contributed by atoms with van der Waals surface area (Å²) in [4.78, 5) is 34.4. The maximum absolute atomic E-state index is 12.9. The Morgan fingerprint density at radius 1 is 1.11 bits per heavy atom. The zero-order valence-corrected chi connectivity index (χ0v) is 16.4. The zero-order valence-electron chi connectivity index (χ0n) is 16.4. The Bertz CT molecular complexity index is 866.